The zero-order valence-electron chi connectivity index (χ0n) is 8.82. The molecule has 0 aromatic carbocycles. The summed E-state index contributed by atoms with van der Waals surface area (Å²) in [6.45, 7) is 1.71. The molecule has 0 fully saturated rings. The Morgan fingerprint density at radius 1 is 1.31 bits per heavy atom. The minimum absolute atomic E-state index is 0.197. The topological polar surface area (TPSA) is 37.8 Å². The van der Waals surface area contributed by atoms with Gasteiger partial charge in [-0.25, -0.2) is 9.97 Å². The summed E-state index contributed by atoms with van der Waals surface area (Å²) in [5.74, 6) is 0.701. The molecule has 0 atom stereocenters. The number of rotatable bonds is 3. The monoisotopic (exact) mass is 297 g/mol. The number of alkyl halides is 3. The van der Waals surface area contributed by atoms with E-state index in [0.717, 1.165) is 0 Å². The molecule has 0 bridgehead atoms. The highest BCUT2D eigenvalue weighted by Crippen LogP contribution is 2.25. The summed E-state index contributed by atoms with van der Waals surface area (Å²) in [5, 5.41) is 2.79. The second kappa shape index (κ2) is 4.99. The standard InChI is InChI=1S/C9H11BrF3N3/c1-5-7(10)8(14-2)16-6(15-5)3-4-9(11,12)13/h3-4H2,1-2H3,(H,14,15,16). The first-order chi connectivity index (χ1) is 7.33. The van der Waals surface area contributed by atoms with Crippen molar-refractivity contribution in [2.45, 2.75) is 25.9 Å². The lowest BCUT2D eigenvalue weighted by atomic mass is 10.3. The van der Waals surface area contributed by atoms with Gasteiger partial charge in [-0.3, -0.25) is 0 Å². The molecule has 0 radical (unpaired) electrons. The highest BCUT2D eigenvalue weighted by Gasteiger charge is 2.27. The Labute approximate surface area is 99.6 Å². The molecular formula is C9H11BrF3N3. The average Bonchev–Trinajstić information content (AvgIpc) is 2.18. The van der Waals surface area contributed by atoms with E-state index in [1.807, 2.05) is 0 Å². The highest BCUT2D eigenvalue weighted by atomic mass is 79.9. The van der Waals surface area contributed by atoms with Crippen molar-refractivity contribution in [3.63, 3.8) is 0 Å². The van der Waals surface area contributed by atoms with Crippen LogP contribution < -0.4 is 5.32 Å². The molecule has 3 nitrogen and oxygen atoms in total. The normalized spacial score (nSPS) is 11.6. The Bertz CT molecular complexity index is 379. The van der Waals surface area contributed by atoms with E-state index in [2.05, 4.69) is 31.2 Å². The summed E-state index contributed by atoms with van der Waals surface area (Å²) >= 11 is 3.26. The SMILES string of the molecule is CNc1nc(CCC(F)(F)F)nc(C)c1Br. The molecule has 1 rings (SSSR count). The molecule has 90 valence electrons. The van der Waals surface area contributed by atoms with Crippen LogP contribution in [0.5, 0.6) is 0 Å². The van der Waals surface area contributed by atoms with Gasteiger partial charge < -0.3 is 5.32 Å². The molecule has 16 heavy (non-hydrogen) atoms. The van der Waals surface area contributed by atoms with Gasteiger partial charge >= 0.3 is 6.18 Å². The fourth-order valence-electron chi connectivity index (χ4n) is 1.15. The smallest absolute Gasteiger partial charge is 0.372 e. The van der Waals surface area contributed by atoms with Gasteiger partial charge in [0.15, 0.2) is 0 Å². The van der Waals surface area contributed by atoms with Gasteiger partial charge in [0.1, 0.15) is 11.6 Å². The zero-order chi connectivity index (χ0) is 12.3. The molecular weight excluding hydrogens is 287 g/mol. The molecule has 0 aliphatic heterocycles. The maximum Gasteiger partial charge on any atom is 0.389 e. The number of hydrogen-bond donors (Lipinski definition) is 1. The van der Waals surface area contributed by atoms with Crippen LogP contribution in [0.2, 0.25) is 0 Å². The fraction of sp³-hybridized carbons (Fsp3) is 0.556. The molecule has 1 heterocycles. The summed E-state index contributed by atoms with van der Waals surface area (Å²) in [4.78, 5) is 7.97. The van der Waals surface area contributed by atoms with E-state index in [4.69, 9.17) is 0 Å². The van der Waals surface area contributed by atoms with Gasteiger partial charge in [-0.1, -0.05) is 0 Å². The van der Waals surface area contributed by atoms with Gasteiger partial charge in [-0.05, 0) is 22.9 Å². The quantitative estimate of drug-likeness (QED) is 0.932. The second-order valence-corrected chi connectivity index (χ2v) is 4.05. The van der Waals surface area contributed by atoms with Crippen molar-refractivity contribution in [1.82, 2.24) is 9.97 Å². The third kappa shape index (κ3) is 3.62. The molecule has 1 aromatic heterocycles. The van der Waals surface area contributed by atoms with E-state index in [1.54, 1.807) is 14.0 Å². The van der Waals surface area contributed by atoms with Crippen LogP contribution in [0.15, 0.2) is 4.47 Å². The first-order valence-electron chi connectivity index (χ1n) is 4.61. The van der Waals surface area contributed by atoms with Crippen LogP contribution in [0.4, 0.5) is 19.0 Å². The summed E-state index contributed by atoms with van der Waals surface area (Å²) in [7, 11) is 1.65. The summed E-state index contributed by atoms with van der Waals surface area (Å²) in [6, 6.07) is 0. The fourth-order valence-corrected chi connectivity index (χ4v) is 1.52. The summed E-state index contributed by atoms with van der Waals surface area (Å²) in [6.07, 6.45) is -5.28. The summed E-state index contributed by atoms with van der Waals surface area (Å²) < 4.78 is 36.7. The third-order valence-electron chi connectivity index (χ3n) is 1.93. The van der Waals surface area contributed by atoms with Gasteiger partial charge in [0.25, 0.3) is 0 Å². The number of anilines is 1. The van der Waals surface area contributed by atoms with Crippen molar-refractivity contribution in [2.24, 2.45) is 0 Å². The van der Waals surface area contributed by atoms with E-state index < -0.39 is 12.6 Å². The molecule has 1 aromatic rings. The largest absolute Gasteiger partial charge is 0.389 e. The maximum absolute atomic E-state index is 12.0. The van der Waals surface area contributed by atoms with Crippen LogP contribution in [0.25, 0.3) is 0 Å². The molecule has 0 saturated heterocycles. The third-order valence-corrected chi connectivity index (χ3v) is 2.88. The lowest BCUT2D eigenvalue weighted by Crippen LogP contribution is -2.11. The molecule has 1 N–H and O–H groups in total. The molecule has 0 aliphatic rings. The van der Waals surface area contributed by atoms with Gasteiger partial charge in [-0.2, -0.15) is 13.2 Å². The second-order valence-electron chi connectivity index (χ2n) is 3.25. The first-order valence-corrected chi connectivity index (χ1v) is 5.40. The molecule has 0 unspecified atom stereocenters. The highest BCUT2D eigenvalue weighted by molar-refractivity contribution is 9.10. The predicted octanol–water partition coefficient (Wildman–Crippen LogP) is 3.08. The van der Waals surface area contributed by atoms with Crippen LogP contribution in [0.3, 0.4) is 0 Å². The van der Waals surface area contributed by atoms with E-state index >= 15 is 0 Å². The van der Waals surface area contributed by atoms with E-state index in [0.29, 0.717) is 16.0 Å². The Kier molecular flexibility index (Phi) is 4.12. The predicted molar refractivity (Wildman–Crippen MR) is 58.4 cm³/mol. The van der Waals surface area contributed by atoms with Crippen LogP contribution in [0, 0.1) is 6.92 Å². The average molecular weight is 298 g/mol. The Hall–Kier alpha value is -0.850. The van der Waals surface area contributed by atoms with E-state index in [1.165, 1.54) is 0 Å². The number of nitrogens with zero attached hydrogens (tertiary/aromatic N) is 2. The molecule has 0 amide bonds. The first kappa shape index (κ1) is 13.2. The number of halogens is 4. The van der Waals surface area contributed by atoms with Crippen molar-refractivity contribution in [3.05, 3.63) is 16.0 Å². The van der Waals surface area contributed by atoms with Crippen molar-refractivity contribution in [1.29, 1.82) is 0 Å². The maximum atomic E-state index is 12.0. The number of hydrogen-bond acceptors (Lipinski definition) is 3. The van der Waals surface area contributed by atoms with E-state index in [-0.39, 0.29) is 12.2 Å². The van der Waals surface area contributed by atoms with Crippen LogP contribution in [0.1, 0.15) is 17.9 Å². The van der Waals surface area contributed by atoms with Crippen molar-refractivity contribution in [2.75, 3.05) is 12.4 Å². The van der Waals surface area contributed by atoms with Gasteiger partial charge in [-0.15, -0.1) is 0 Å². The minimum Gasteiger partial charge on any atom is -0.372 e. The Morgan fingerprint density at radius 2 is 1.94 bits per heavy atom. The van der Waals surface area contributed by atoms with Crippen LogP contribution in [-0.4, -0.2) is 23.2 Å². The molecule has 0 saturated carbocycles. The van der Waals surface area contributed by atoms with Crippen LogP contribution in [-0.2, 0) is 6.42 Å². The van der Waals surface area contributed by atoms with Crippen LogP contribution >= 0.6 is 15.9 Å². The summed E-state index contributed by atoms with van der Waals surface area (Å²) in [5.41, 5.74) is 0.622. The minimum atomic E-state index is -4.18. The molecule has 0 spiro atoms. The van der Waals surface area contributed by atoms with Gasteiger partial charge in [0.05, 0.1) is 16.6 Å². The van der Waals surface area contributed by atoms with Crippen molar-refractivity contribution in [3.8, 4) is 0 Å². The van der Waals surface area contributed by atoms with Gasteiger partial charge in [0.2, 0.25) is 0 Å². The number of nitrogens with one attached hydrogen (secondary N) is 1. The van der Waals surface area contributed by atoms with E-state index in [9.17, 15) is 13.2 Å². The number of aryl methyl sites for hydroxylation is 2. The molecule has 0 aliphatic carbocycles. The van der Waals surface area contributed by atoms with Crippen molar-refractivity contribution < 1.29 is 13.2 Å². The Morgan fingerprint density at radius 3 is 2.44 bits per heavy atom. The number of aromatic nitrogens is 2. The zero-order valence-corrected chi connectivity index (χ0v) is 10.4. The van der Waals surface area contributed by atoms with Crippen molar-refractivity contribution >= 4 is 21.7 Å². The Balaban J connectivity index is 2.86. The van der Waals surface area contributed by atoms with Gasteiger partial charge in [0, 0.05) is 13.5 Å². The lowest BCUT2D eigenvalue weighted by molar-refractivity contribution is -0.134. The lowest BCUT2D eigenvalue weighted by Gasteiger charge is -2.09. The molecule has 7 heteroatoms.